The number of rotatable bonds is 6. The van der Waals surface area contributed by atoms with Gasteiger partial charge in [0.15, 0.2) is 11.6 Å². The number of aliphatic imine (C=N–C) groups is 1. The molecule has 36 heavy (non-hydrogen) atoms. The van der Waals surface area contributed by atoms with Crippen molar-refractivity contribution >= 4 is 35.0 Å². The van der Waals surface area contributed by atoms with Crippen molar-refractivity contribution in [1.29, 1.82) is 0 Å². The zero-order valence-corrected chi connectivity index (χ0v) is 21.3. The number of fused-ring (bicyclic) bond motifs is 1. The fourth-order valence-electron chi connectivity index (χ4n) is 4.79. The first kappa shape index (κ1) is 24.6. The molecule has 0 fully saturated rings. The van der Waals surface area contributed by atoms with E-state index in [1.165, 1.54) is 0 Å². The molecule has 1 amide bonds. The van der Waals surface area contributed by atoms with Crippen LogP contribution in [0, 0.1) is 0 Å². The smallest absolute Gasteiger partial charge is 0.255 e. The molecule has 1 N–H and O–H groups in total. The Morgan fingerprint density at radius 3 is 2.58 bits per heavy atom. The summed E-state index contributed by atoms with van der Waals surface area (Å²) in [7, 11) is 1.79. The molecule has 0 radical (unpaired) electrons. The SMILES string of the molecule is CN1Cc2ccccc2C[C@@]2(N=C(c3ccc(OCCCO)cc3)O[C@H]2c2ccc(Cl)cc2Cl)C1=O. The van der Waals surface area contributed by atoms with Gasteiger partial charge in [-0.05, 0) is 47.5 Å². The van der Waals surface area contributed by atoms with E-state index in [1.807, 2.05) is 48.5 Å². The first-order valence-electron chi connectivity index (χ1n) is 11.8. The quantitative estimate of drug-likeness (QED) is 0.448. The Kier molecular flexibility index (Phi) is 6.93. The third-order valence-electron chi connectivity index (χ3n) is 6.58. The highest BCUT2D eigenvalue weighted by molar-refractivity contribution is 6.35. The summed E-state index contributed by atoms with van der Waals surface area (Å²) < 4.78 is 12.1. The molecule has 5 rings (SSSR count). The topological polar surface area (TPSA) is 71.4 Å². The molecule has 2 atom stereocenters. The summed E-state index contributed by atoms with van der Waals surface area (Å²) in [6.07, 6.45) is 0.196. The van der Waals surface area contributed by atoms with E-state index in [9.17, 15) is 4.79 Å². The number of benzene rings is 3. The van der Waals surface area contributed by atoms with Gasteiger partial charge in [0.2, 0.25) is 5.90 Å². The summed E-state index contributed by atoms with van der Waals surface area (Å²) in [5, 5.41) is 9.89. The molecule has 3 aromatic carbocycles. The van der Waals surface area contributed by atoms with Gasteiger partial charge in [-0.3, -0.25) is 4.79 Å². The second-order valence-corrected chi connectivity index (χ2v) is 9.91. The first-order valence-corrected chi connectivity index (χ1v) is 12.5. The third kappa shape index (κ3) is 4.57. The highest BCUT2D eigenvalue weighted by Gasteiger charge is 2.56. The van der Waals surface area contributed by atoms with Crippen LogP contribution in [0.15, 0.2) is 71.7 Å². The number of hydrogen-bond acceptors (Lipinski definition) is 5. The number of carbonyl (C=O) groups is 1. The average Bonchev–Trinajstić information content (AvgIpc) is 3.20. The number of amides is 1. The van der Waals surface area contributed by atoms with Crippen molar-refractivity contribution in [3.63, 3.8) is 0 Å². The lowest BCUT2D eigenvalue weighted by Gasteiger charge is -2.32. The molecule has 186 valence electrons. The minimum Gasteiger partial charge on any atom is -0.494 e. The predicted octanol–water partition coefficient (Wildman–Crippen LogP) is 5.23. The molecule has 0 aromatic heterocycles. The van der Waals surface area contributed by atoms with Crippen molar-refractivity contribution in [2.24, 2.45) is 4.99 Å². The molecule has 0 aliphatic carbocycles. The maximum absolute atomic E-state index is 14.0. The molecular formula is C28H26Cl2N2O4. The fraction of sp³-hybridized carbons (Fsp3) is 0.286. The lowest BCUT2D eigenvalue weighted by molar-refractivity contribution is -0.138. The summed E-state index contributed by atoms with van der Waals surface area (Å²) >= 11 is 12.8. The van der Waals surface area contributed by atoms with E-state index in [4.69, 9.17) is 42.8 Å². The Balaban J connectivity index is 1.59. The number of nitrogens with zero attached hydrogens (tertiary/aromatic N) is 2. The van der Waals surface area contributed by atoms with Gasteiger partial charge in [-0.2, -0.15) is 0 Å². The normalized spacial score (nSPS) is 21.1. The molecule has 2 heterocycles. The largest absolute Gasteiger partial charge is 0.494 e. The van der Waals surface area contributed by atoms with E-state index in [2.05, 4.69) is 0 Å². The molecule has 3 aromatic rings. The third-order valence-corrected chi connectivity index (χ3v) is 7.15. The van der Waals surface area contributed by atoms with Crippen molar-refractivity contribution in [2.75, 3.05) is 20.3 Å². The highest BCUT2D eigenvalue weighted by Crippen LogP contribution is 2.47. The number of halogens is 2. The van der Waals surface area contributed by atoms with Gasteiger partial charge < -0.3 is 19.5 Å². The van der Waals surface area contributed by atoms with Crippen LogP contribution in [-0.2, 0) is 22.5 Å². The summed E-state index contributed by atoms with van der Waals surface area (Å²) in [6, 6.07) is 20.6. The van der Waals surface area contributed by atoms with Crippen molar-refractivity contribution in [2.45, 2.75) is 31.0 Å². The van der Waals surface area contributed by atoms with Gasteiger partial charge in [0.25, 0.3) is 5.91 Å². The second kappa shape index (κ2) is 10.1. The van der Waals surface area contributed by atoms with Crippen LogP contribution in [0.3, 0.4) is 0 Å². The first-order chi connectivity index (χ1) is 17.4. The van der Waals surface area contributed by atoms with Crippen molar-refractivity contribution in [3.8, 4) is 5.75 Å². The monoisotopic (exact) mass is 524 g/mol. The molecule has 0 unspecified atom stereocenters. The van der Waals surface area contributed by atoms with Crippen molar-refractivity contribution < 1.29 is 19.4 Å². The van der Waals surface area contributed by atoms with Gasteiger partial charge in [-0.25, -0.2) is 4.99 Å². The van der Waals surface area contributed by atoms with Crippen LogP contribution in [0.4, 0.5) is 0 Å². The van der Waals surface area contributed by atoms with Gasteiger partial charge in [-0.15, -0.1) is 0 Å². The molecule has 2 aliphatic heterocycles. The Morgan fingerprint density at radius 2 is 1.86 bits per heavy atom. The van der Waals surface area contributed by atoms with E-state index in [0.29, 0.717) is 53.2 Å². The molecule has 0 bridgehead atoms. The lowest BCUT2D eigenvalue weighted by Crippen LogP contribution is -2.48. The number of ether oxygens (including phenoxy) is 2. The number of aliphatic hydroxyl groups is 1. The Hall–Kier alpha value is -3.06. The molecule has 1 spiro atoms. The predicted molar refractivity (Wildman–Crippen MR) is 140 cm³/mol. The standard InChI is InChI=1S/C28H26Cl2N2O4/c1-32-17-20-6-3-2-5-19(20)16-28(27(32)34)25(23-12-9-21(29)15-24(23)30)36-26(31-28)18-7-10-22(11-8-18)35-14-4-13-33/h2-3,5-12,15,25,33H,4,13-14,16-17H2,1H3/t25-,28-/m0/s1. The Labute approximate surface area is 220 Å². The van der Waals surface area contributed by atoms with Crippen molar-refractivity contribution in [3.05, 3.63) is 99.0 Å². The Bertz CT molecular complexity index is 1310. The van der Waals surface area contributed by atoms with Gasteiger partial charge in [-0.1, -0.05) is 53.5 Å². The lowest BCUT2D eigenvalue weighted by atomic mass is 9.82. The van der Waals surface area contributed by atoms with Gasteiger partial charge in [0, 0.05) is 54.2 Å². The van der Waals surface area contributed by atoms with Crippen LogP contribution in [0.25, 0.3) is 0 Å². The number of hydrogen-bond donors (Lipinski definition) is 1. The van der Waals surface area contributed by atoms with E-state index in [1.54, 1.807) is 30.1 Å². The highest BCUT2D eigenvalue weighted by atomic mass is 35.5. The number of aliphatic hydroxyl groups excluding tert-OH is 1. The second-order valence-electron chi connectivity index (χ2n) is 9.06. The van der Waals surface area contributed by atoms with E-state index in [-0.39, 0.29) is 12.5 Å². The molecule has 6 nitrogen and oxygen atoms in total. The van der Waals surface area contributed by atoms with Crippen LogP contribution in [0.5, 0.6) is 5.75 Å². The number of likely N-dealkylation sites (N-methyl/N-ethyl adjacent to an activating group) is 1. The van der Waals surface area contributed by atoms with Crippen LogP contribution >= 0.6 is 23.2 Å². The van der Waals surface area contributed by atoms with E-state index >= 15 is 0 Å². The van der Waals surface area contributed by atoms with Crippen LogP contribution in [0.2, 0.25) is 10.0 Å². The molecule has 8 heteroatoms. The van der Waals surface area contributed by atoms with Crippen LogP contribution in [-0.4, -0.2) is 47.6 Å². The minimum absolute atomic E-state index is 0.0745. The van der Waals surface area contributed by atoms with E-state index in [0.717, 1.165) is 16.7 Å². The van der Waals surface area contributed by atoms with Crippen LogP contribution in [0.1, 0.15) is 34.8 Å². The maximum Gasteiger partial charge on any atom is 0.255 e. The number of carbonyl (C=O) groups excluding carboxylic acids is 1. The van der Waals surface area contributed by atoms with Gasteiger partial charge in [0.05, 0.1) is 6.61 Å². The van der Waals surface area contributed by atoms with E-state index < -0.39 is 11.6 Å². The molecule has 2 aliphatic rings. The maximum atomic E-state index is 14.0. The minimum atomic E-state index is -1.23. The summed E-state index contributed by atoms with van der Waals surface area (Å²) in [6.45, 7) is 0.988. The fourth-order valence-corrected chi connectivity index (χ4v) is 5.30. The molecule has 0 saturated carbocycles. The molecular weight excluding hydrogens is 499 g/mol. The van der Waals surface area contributed by atoms with Gasteiger partial charge >= 0.3 is 0 Å². The average molecular weight is 525 g/mol. The zero-order chi connectivity index (χ0) is 25.3. The summed E-state index contributed by atoms with van der Waals surface area (Å²) in [5.41, 5.74) is 2.28. The zero-order valence-electron chi connectivity index (χ0n) is 19.8. The Morgan fingerprint density at radius 1 is 1.11 bits per heavy atom. The molecule has 0 saturated heterocycles. The summed E-state index contributed by atoms with van der Waals surface area (Å²) in [5.74, 6) is 0.916. The van der Waals surface area contributed by atoms with Crippen LogP contribution < -0.4 is 4.74 Å². The van der Waals surface area contributed by atoms with Gasteiger partial charge in [0.1, 0.15) is 5.75 Å². The summed E-state index contributed by atoms with van der Waals surface area (Å²) in [4.78, 5) is 20.7. The van der Waals surface area contributed by atoms with Crippen molar-refractivity contribution in [1.82, 2.24) is 4.90 Å².